The van der Waals surface area contributed by atoms with E-state index in [4.69, 9.17) is 4.74 Å². The minimum Gasteiger partial charge on any atom is -0.394 e. The van der Waals surface area contributed by atoms with Gasteiger partial charge in [0.05, 0.1) is 19.4 Å². The number of hydrazone groups is 2. The molecule has 4 rings (SSSR count). The minimum absolute atomic E-state index is 0.158. The maximum absolute atomic E-state index is 14.4. The Balaban J connectivity index is 1.68. The summed E-state index contributed by atoms with van der Waals surface area (Å²) in [6, 6.07) is 0. The number of aliphatic hydroxyl groups is 2. The summed E-state index contributed by atoms with van der Waals surface area (Å²) in [5.41, 5.74) is 3.56. The van der Waals surface area contributed by atoms with Gasteiger partial charge in [-0.3, -0.25) is 4.79 Å². The lowest BCUT2D eigenvalue weighted by molar-refractivity contribution is -0.128. The van der Waals surface area contributed by atoms with Crippen LogP contribution in [-0.4, -0.2) is 75.8 Å². The number of carbonyl (C=O) groups is 1. The summed E-state index contributed by atoms with van der Waals surface area (Å²) in [5, 5.41) is 30.3. The molecule has 0 aromatic heterocycles. The van der Waals surface area contributed by atoms with Crippen LogP contribution in [0.25, 0.3) is 0 Å². The summed E-state index contributed by atoms with van der Waals surface area (Å²) < 4.78 is 19.8. The fourth-order valence-corrected chi connectivity index (χ4v) is 3.59. The predicted molar refractivity (Wildman–Crippen MR) is 86.1 cm³/mol. The van der Waals surface area contributed by atoms with Gasteiger partial charge in [0.1, 0.15) is 17.9 Å². The third-order valence-corrected chi connectivity index (χ3v) is 4.90. The third kappa shape index (κ3) is 2.59. The van der Waals surface area contributed by atoms with E-state index in [-0.39, 0.29) is 5.91 Å². The van der Waals surface area contributed by atoms with Crippen LogP contribution in [0.2, 0.25) is 0 Å². The van der Waals surface area contributed by atoms with Gasteiger partial charge in [-0.1, -0.05) is 0 Å². The number of ether oxygens (including phenoxy) is 1. The van der Waals surface area contributed by atoms with Crippen molar-refractivity contribution in [2.75, 3.05) is 13.2 Å². The number of amides is 1. The molecule has 3 heterocycles. The Labute approximate surface area is 143 Å². The maximum Gasteiger partial charge on any atom is 0.239 e. The molecule has 0 bridgehead atoms. The van der Waals surface area contributed by atoms with Gasteiger partial charge < -0.3 is 14.9 Å². The molecular weight excluding hydrogens is 331 g/mol. The van der Waals surface area contributed by atoms with Crippen LogP contribution in [0.5, 0.6) is 0 Å². The highest BCUT2D eigenvalue weighted by Gasteiger charge is 2.47. The van der Waals surface area contributed by atoms with Crippen LogP contribution in [0.15, 0.2) is 33.1 Å². The zero-order chi connectivity index (χ0) is 17.7. The van der Waals surface area contributed by atoms with Crippen LogP contribution in [0.3, 0.4) is 0 Å². The highest BCUT2D eigenvalue weighted by atomic mass is 19.1. The van der Waals surface area contributed by atoms with E-state index >= 15 is 0 Å². The van der Waals surface area contributed by atoms with Crippen LogP contribution < -0.4 is 0 Å². The first kappa shape index (κ1) is 16.4. The molecule has 8 nitrogen and oxygen atoms in total. The summed E-state index contributed by atoms with van der Waals surface area (Å²) in [6.45, 7) is 1.41. The number of allylic oxidation sites excluding steroid dienone is 2. The van der Waals surface area contributed by atoms with Gasteiger partial charge in [-0.15, -0.1) is 0 Å². The average Bonchev–Trinajstić information content (AvgIpc) is 3.05. The number of carbonyl (C=O) groups excluding carboxylic acids is 1. The van der Waals surface area contributed by atoms with Crippen LogP contribution in [0, 0.1) is 0 Å². The van der Waals surface area contributed by atoms with E-state index in [1.54, 1.807) is 6.20 Å². The number of hydrogen-bond acceptors (Lipinski definition) is 7. The van der Waals surface area contributed by atoms with Crippen molar-refractivity contribution in [2.24, 2.45) is 10.2 Å². The highest BCUT2D eigenvalue weighted by Crippen LogP contribution is 2.38. The van der Waals surface area contributed by atoms with Crippen molar-refractivity contribution in [3.05, 3.63) is 22.9 Å². The Morgan fingerprint density at radius 3 is 2.96 bits per heavy atom. The van der Waals surface area contributed by atoms with Crippen molar-refractivity contribution < 1.29 is 24.1 Å². The van der Waals surface area contributed by atoms with Gasteiger partial charge in [-0.05, 0) is 24.0 Å². The molecule has 0 aromatic rings. The Hall–Kier alpha value is -2.10. The third-order valence-electron chi connectivity index (χ3n) is 4.90. The minimum atomic E-state index is -1.69. The molecule has 0 radical (unpaired) electrons. The fourth-order valence-electron chi connectivity index (χ4n) is 3.59. The number of hydrogen-bond donors (Lipinski definition) is 2. The first-order valence-corrected chi connectivity index (χ1v) is 8.20. The molecule has 9 heteroatoms. The normalized spacial score (nSPS) is 34.1. The quantitative estimate of drug-likeness (QED) is 0.725. The molecule has 2 N–H and O–H groups in total. The van der Waals surface area contributed by atoms with Crippen LogP contribution in [0.4, 0.5) is 4.39 Å². The number of aliphatic hydroxyl groups excluding tert-OH is 2. The average molecular weight is 350 g/mol. The van der Waals surface area contributed by atoms with Gasteiger partial charge in [-0.2, -0.15) is 10.2 Å². The molecule has 0 spiro atoms. The lowest BCUT2D eigenvalue weighted by Crippen LogP contribution is -2.38. The van der Waals surface area contributed by atoms with Crippen molar-refractivity contribution >= 4 is 17.8 Å². The zero-order valence-corrected chi connectivity index (χ0v) is 13.7. The highest BCUT2D eigenvalue weighted by molar-refractivity contribution is 6.40. The summed E-state index contributed by atoms with van der Waals surface area (Å²) in [4.78, 5) is 11.7. The fraction of sp³-hybridized carbons (Fsp3) is 0.562. The van der Waals surface area contributed by atoms with Gasteiger partial charge >= 0.3 is 0 Å². The molecule has 134 valence electrons. The molecule has 0 saturated carbocycles. The Bertz CT molecular complexity index is 732. The lowest BCUT2D eigenvalue weighted by atomic mass is 10.0. The van der Waals surface area contributed by atoms with Crippen molar-refractivity contribution in [1.82, 2.24) is 10.0 Å². The molecule has 1 saturated heterocycles. The molecular formula is C16H19FN4O4. The van der Waals surface area contributed by atoms with Gasteiger partial charge in [0.25, 0.3) is 0 Å². The summed E-state index contributed by atoms with van der Waals surface area (Å²) in [6.07, 6.45) is -0.432. The first-order chi connectivity index (χ1) is 12.0. The lowest BCUT2D eigenvalue weighted by Gasteiger charge is -2.28. The molecule has 1 fully saturated rings. The van der Waals surface area contributed by atoms with Gasteiger partial charge in [0, 0.05) is 18.7 Å². The molecule has 4 aliphatic rings. The molecule has 1 aliphatic carbocycles. The van der Waals surface area contributed by atoms with Crippen molar-refractivity contribution in [1.29, 1.82) is 0 Å². The number of halogens is 1. The smallest absolute Gasteiger partial charge is 0.239 e. The van der Waals surface area contributed by atoms with Crippen LogP contribution >= 0.6 is 0 Å². The van der Waals surface area contributed by atoms with E-state index in [1.807, 2.05) is 0 Å². The van der Waals surface area contributed by atoms with E-state index in [0.717, 1.165) is 29.6 Å². The van der Waals surface area contributed by atoms with Gasteiger partial charge in [-0.25, -0.2) is 14.4 Å². The van der Waals surface area contributed by atoms with Crippen molar-refractivity contribution in [2.45, 2.75) is 44.4 Å². The molecule has 3 aliphatic heterocycles. The van der Waals surface area contributed by atoms with Crippen LogP contribution in [0.1, 0.15) is 19.8 Å². The number of rotatable bonds is 2. The van der Waals surface area contributed by atoms with E-state index in [2.05, 4.69) is 10.2 Å². The van der Waals surface area contributed by atoms with E-state index in [0.29, 0.717) is 12.3 Å². The first-order valence-electron chi connectivity index (χ1n) is 8.20. The number of nitrogens with zero attached hydrogens (tertiary/aromatic N) is 4. The van der Waals surface area contributed by atoms with Crippen LogP contribution in [-0.2, 0) is 9.53 Å². The van der Waals surface area contributed by atoms with E-state index in [9.17, 15) is 19.4 Å². The van der Waals surface area contributed by atoms with E-state index in [1.165, 1.54) is 23.2 Å². The standard InChI is InChI=1S/C16H19FN4O4/c1-8(23)20-5-9-2-3-10-6-21(19-11(4-18-20)13(9)10)16-14(17)15(24)12(7-22)25-16/h4,6,12,14-16,22,24H,2-3,5,7H2,1H3/t12-,14+,15-,16-/m1/s1. The Morgan fingerprint density at radius 1 is 1.48 bits per heavy atom. The van der Waals surface area contributed by atoms with Gasteiger partial charge in [0.15, 0.2) is 12.4 Å². The van der Waals surface area contributed by atoms with Crippen molar-refractivity contribution in [3.63, 3.8) is 0 Å². The zero-order valence-electron chi connectivity index (χ0n) is 13.7. The SMILES string of the molecule is CC(=O)N1CC2=C3C(=CN([C@@H]4O[C@H](CO)[C@@H](O)[C@@H]4F)N=C3C=N1)CC2. The molecule has 1 amide bonds. The number of alkyl halides is 1. The molecule has 4 atom stereocenters. The van der Waals surface area contributed by atoms with Gasteiger partial charge in [0.2, 0.25) is 5.91 Å². The molecule has 0 unspecified atom stereocenters. The Kier molecular flexibility index (Phi) is 3.94. The monoisotopic (exact) mass is 350 g/mol. The summed E-state index contributed by atoms with van der Waals surface area (Å²) >= 11 is 0. The van der Waals surface area contributed by atoms with Crippen molar-refractivity contribution in [3.8, 4) is 0 Å². The molecule has 25 heavy (non-hydrogen) atoms. The summed E-state index contributed by atoms with van der Waals surface area (Å²) in [7, 11) is 0. The second-order valence-electron chi connectivity index (χ2n) is 6.50. The predicted octanol–water partition coefficient (Wildman–Crippen LogP) is -0.104. The second kappa shape index (κ2) is 6.01. The van der Waals surface area contributed by atoms with E-state index < -0.39 is 31.2 Å². The second-order valence-corrected chi connectivity index (χ2v) is 6.50. The maximum atomic E-state index is 14.4. The Morgan fingerprint density at radius 2 is 2.28 bits per heavy atom. The summed E-state index contributed by atoms with van der Waals surface area (Å²) in [5.74, 6) is -0.158. The largest absolute Gasteiger partial charge is 0.394 e. The molecule has 0 aromatic carbocycles. The topological polar surface area (TPSA) is 98.0 Å².